The monoisotopic (exact) mass is 324 g/mol. The first-order chi connectivity index (χ1) is 11.3. The highest BCUT2D eigenvalue weighted by atomic mass is 32.1. The highest BCUT2D eigenvalue weighted by Gasteiger charge is 2.21. The van der Waals surface area contributed by atoms with Crippen LogP contribution in [-0.4, -0.2) is 17.4 Å². The second-order valence-corrected chi connectivity index (χ2v) is 6.63. The highest BCUT2D eigenvalue weighted by Crippen LogP contribution is 2.27. The van der Waals surface area contributed by atoms with Crippen LogP contribution in [0.15, 0.2) is 48.5 Å². The van der Waals surface area contributed by atoms with Gasteiger partial charge in [-0.1, -0.05) is 18.2 Å². The maximum absolute atomic E-state index is 11.8. The first-order valence-electron chi connectivity index (χ1n) is 7.67. The van der Waals surface area contributed by atoms with E-state index in [0.717, 1.165) is 34.9 Å². The molecule has 1 amide bonds. The van der Waals surface area contributed by atoms with Gasteiger partial charge in [0.05, 0.1) is 10.2 Å². The number of amides is 1. The fraction of sp³-hybridized carbons (Fsp3) is 0.222. The number of hydrogen-bond donors (Lipinski definition) is 0. The molecule has 5 heteroatoms. The van der Waals surface area contributed by atoms with Gasteiger partial charge in [-0.05, 0) is 30.7 Å². The van der Waals surface area contributed by atoms with E-state index in [1.807, 2.05) is 47.4 Å². The van der Waals surface area contributed by atoms with Crippen LogP contribution >= 0.6 is 11.3 Å². The molecule has 4 nitrogen and oxygen atoms in total. The van der Waals surface area contributed by atoms with Crippen molar-refractivity contribution in [2.75, 3.05) is 11.4 Å². The molecule has 1 saturated heterocycles. The first kappa shape index (κ1) is 14.2. The zero-order valence-electron chi connectivity index (χ0n) is 12.6. The SMILES string of the molecule is O=C1CCCN1c1cccc(OCc2nc3ccccc3s2)c1. The number of carbonyl (C=O) groups is 1. The molecule has 4 rings (SSSR count). The van der Waals surface area contributed by atoms with Gasteiger partial charge in [0.25, 0.3) is 0 Å². The van der Waals surface area contributed by atoms with E-state index in [4.69, 9.17) is 4.74 Å². The zero-order valence-corrected chi connectivity index (χ0v) is 13.4. The van der Waals surface area contributed by atoms with Crippen LogP contribution in [0.5, 0.6) is 5.75 Å². The molecule has 0 N–H and O–H groups in total. The zero-order chi connectivity index (χ0) is 15.6. The minimum absolute atomic E-state index is 0.188. The number of benzene rings is 2. The summed E-state index contributed by atoms with van der Waals surface area (Å²) in [6, 6.07) is 15.8. The number of ether oxygens (including phenoxy) is 1. The summed E-state index contributed by atoms with van der Waals surface area (Å²) >= 11 is 1.65. The van der Waals surface area contributed by atoms with Crippen molar-refractivity contribution in [2.24, 2.45) is 0 Å². The second kappa shape index (κ2) is 6.01. The number of fused-ring (bicyclic) bond motifs is 1. The summed E-state index contributed by atoms with van der Waals surface area (Å²) in [4.78, 5) is 18.2. The van der Waals surface area contributed by atoms with Crippen LogP contribution in [0.2, 0.25) is 0 Å². The van der Waals surface area contributed by atoms with Crippen LogP contribution < -0.4 is 9.64 Å². The quantitative estimate of drug-likeness (QED) is 0.728. The van der Waals surface area contributed by atoms with E-state index in [1.54, 1.807) is 11.3 Å². The molecule has 1 aromatic heterocycles. The van der Waals surface area contributed by atoms with Crippen LogP contribution in [0, 0.1) is 0 Å². The molecule has 0 radical (unpaired) electrons. The molecule has 2 aromatic carbocycles. The van der Waals surface area contributed by atoms with Crippen LogP contribution in [0.1, 0.15) is 17.8 Å². The summed E-state index contributed by atoms with van der Waals surface area (Å²) < 4.78 is 7.04. The van der Waals surface area contributed by atoms with E-state index >= 15 is 0 Å². The van der Waals surface area contributed by atoms with E-state index in [0.29, 0.717) is 13.0 Å². The standard InChI is InChI=1S/C18H16N2O2S/c21-18-9-4-10-20(18)13-5-3-6-14(11-13)22-12-17-19-15-7-1-2-8-16(15)23-17/h1-3,5-8,11H,4,9-10,12H2. The summed E-state index contributed by atoms with van der Waals surface area (Å²) in [5.74, 6) is 0.953. The Hall–Kier alpha value is -2.40. The lowest BCUT2D eigenvalue weighted by Crippen LogP contribution is -2.23. The van der Waals surface area contributed by atoms with Gasteiger partial charge in [-0.3, -0.25) is 4.79 Å². The normalized spacial score (nSPS) is 14.6. The summed E-state index contributed by atoms with van der Waals surface area (Å²) in [5.41, 5.74) is 1.92. The van der Waals surface area contributed by atoms with Crippen LogP contribution in [0.4, 0.5) is 5.69 Å². The number of thiazole rings is 1. The van der Waals surface area contributed by atoms with Crippen molar-refractivity contribution in [3.8, 4) is 5.75 Å². The molecule has 0 spiro atoms. The Morgan fingerprint density at radius 2 is 2.09 bits per heavy atom. The lowest BCUT2D eigenvalue weighted by Gasteiger charge is -2.16. The molecule has 0 saturated carbocycles. The summed E-state index contributed by atoms with van der Waals surface area (Å²) in [6.45, 7) is 1.23. The van der Waals surface area contributed by atoms with Crippen molar-refractivity contribution < 1.29 is 9.53 Å². The molecule has 1 aliphatic rings. The molecule has 2 heterocycles. The van der Waals surface area contributed by atoms with Gasteiger partial charge < -0.3 is 9.64 Å². The molecule has 3 aromatic rings. The number of anilines is 1. The fourth-order valence-electron chi connectivity index (χ4n) is 2.79. The second-order valence-electron chi connectivity index (χ2n) is 5.51. The van der Waals surface area contributed by atoms with Crippen molar-refractivity contribution in [2.45, 2.75) is 19.4 Å². The number of carbonyl (C=O) groups excluding carboxylic acids is 1. The van der Waals surface area contributed by atoms with Crippen LogP contribution in [0.3, 0.4) is 0 Å². The molecule has 116 valence electrons. The Labute approximate surface area is 138 Å². The Balaban J connectivity index is 1.49. The topological polar surface area (TPSA) is 42.4 Å². The number of rotatable bonds is 4. The predicted octanol–water partition coefficient (Wildman–Crippen LogP) is 4.00. The van der Waals surface area contributed by atoms with Gasteiger partial charge in [-0.25, -0.2) is 4.98 Å². The minimum Gasteiger partial charge on any atom is -0.486 e. The van der Waals surface area contributed by atoms with Gasteiger partial charge in [-0.15, -0.1) is 11.3 Å². The number of nitrogens with zero attached hydrogens (tertiary/aromatic N) is 2. The van der Waals surface area contributed by atoms with Crippen molar-refractivity contribution in [3.05, 3.63) is 53.5 Å². The van der Waals surface area contributed by atoms with Crippen molar-refractivity contribution >= 4 is 33.1 Å². The van der Waals surface area contributed by atoms with Crippen LogP contribution in [-0.2, 0) is 11.4 Å². The maximum Gasteiger partial charge on any atom is 0.227 e. The Kier molecular flexibility index (Phi) is 3.71. The number of para-hydroxylation sites is 1. The van der Waals surface area contributed by atoms with Gasteiger partial charge in [0.15, 0.2) is 0 Å². The molecule has 0 aliphatic carbocycles. The Morgan fingerprint density at radius 3 is 2.91 bits per heavy atom. The Bertz CT molecular complexity index is 826. The van der Waals surface area contributed by atoms with Crippen LogP contribution in [0.25, 0.3) is 10.2 Å². The third kappa shape index (κ3) is 2.92. The van der Waals surface area contributed by atoms with Crippen molar-refractivity contribution in [1.82, 2.24) is 4.98 Å². The summed E-state index contributed by atoms with van der Waals surface area (Å²) in [6.07, 6.45) is 1.56. The maximum atomic E-state index is 11.8. The summed E-state index contributed by atoms with van der Waals surface area (Å²) in [5, 5.41) is 0.953. The third-order valence-corrected chi connectivity index (χ3v) is 4.91. The van der Waals surface area contributed by atoms with E-state index < -0.39 is 0 Å². The smallest absolute Gasteiger partial charge is 0.227 e. The molecule has 1 fully saturated rings. The van der Waals surface area contributed by atoms with Gasteiger partial charge in [0.2, 0.25) is 5.91 Å². The lowest BCUT2D eigenvalue weighted by molar-refractivity contribution is -0.117. The van der Waals surface area contributed by atoms with E-state index in [1.165, 1.54) is 4.70 Å². The van der Waals surface area contributed by atoms with E-state index in [-0.39, 0.29) is 5.91 Å². The lowest BCUT2D eigenvalue weighted by atomic mass is 10.3. The molecule has 1 aliphatic heterocycles. The fourth-order valence-corrected chi connectivity index (χ4v) is 3.67. The van der Waals surface area contributed by atoms with Crippen molar-refractivity contribution in [3.63, 3.8) is 0 Å². The predicted molar refractivity (Wildman–Crippen MR) is 92.0 cm³/mol. The minimum atomic E-state index is 0.188. The molecule has 0 unspecified atom stereocenters. The molecule has 0 bridgehead atoms. The van der Waals surface area contributed by atoms with Gasteiger partial charge in [-0.2, -0.15) is 0 Å². The molecular weight excluding hydrogens is 308 g/mol. The van der Waals surface area contributed by atoms with Crippen molar-refractivity contribution in [1.29, 1.82) is 0 Å². The first-order valence-corrected chi connectivity index (χ1v) is 8.49. The highest BCUT2D eigenvalue weighted by molar-refractivity contribution is 7.18. The molecule has 23 heavy (non-hydrogen) atoms. The average molecular weight is 324 g/mol. The summed E-state index contributed by atoms with van der Waals surface area (Å²) in [7, 11) is 0. The largest absolute Gasteiger partial charge is 0.486 e. The van der Waals surface area contributed by atoms with E-state index in [2.05, 4.69) is 11.1 Å². The van der Waals surface area contributed by atoms with Gasteiger partial charge in [0.1, 0.15) is 17.4 Å². The van der Waals surface area contributed by atoms with Gasteiger partial charge >= 0.3 is 0 Å². The van der Waals surface area contributed by atoms with Gasteiger partial charge in [0, 0.05) is 24.7 Å². The number of hydrogen-bond acceptors (Lipinski definition) is 4. The third-order valence-electron chi connectivity index (χ3n) is 3.90. The van der Waals surface area contributed by atoms with E-state index in [9.17, 15) is 4.79 Å². The molecule has 0 atom stereocenters. The average Bonchev–Trinajstić information content (AvgIpc) is 3.18. The Morgan fingerprint density at radius 1 is 1.17 bits per heavy atom. The number of aromatic nitrogens is 1. The molecular formula is C18H16N2O2S.